The predicted molar refractivity (Wildman–Crippen MR) is 188 cm³/mol. The van der Waals surface area contributed by atoms with Gasteiger partial charge in [0.2, 0.25) is 17.7 Å². The third-order valence-electron chi connectivity index (χ3n) is 10.5. The highest BCUT2D eigenvalue weighted by Crippen LogP contribution is 2.41. The minimum atomic E-state index is -3.29. The largest absolute Gasteiger partial charge is 0.353 e. The van der Waals surface area contributed by atoms with Gasteiger partial charge in [-0.3, -0.25) is 19.2 Å². The van der Waals surface area contributed by atoms with Crippen molar-refractivity contribution in [3.63, 3.8) is 0 Å². The Bertz CT molecular complexity index is 1390. The zero-order chi connectivity index (χ0) is 36.1. The van der Waals surface area contributed by atoms with Crippen molar-refractivity contribution < 1.29 is 32.4 Å². The number of nitrogens with one attached hydrogen (secondary N) is 4. The molecule has 4 rings (SSSR count). The van der Waals surface area contributed by atoms with E-state index in [9.17, 15) is 32.4 Å². The van der Waals surface area contributed by atoms with E-state index in [1.165, 1.54) is 4.90 Å². The number of rotatable bonds is 14. The molecule has 0 aromatic carbocycles. The van der Waals surface area contributed by atoms with E-state index in [2.05, 4.69) is 21.3 Å². The van der Waals surface area contributed by atoms with Gasteiger partial charge in [-0.05, 0) is 70.1 Å². The van der Waals surface area contributed by atoms with E-state index in [0.717, 1.165) is 44.1 Å². The van der Waals surface area contributed by atoms with Crippen LogP contribution < -0.4 is 21.3 Å². The molecule has 2 unspecified atom stereocenters. The fourth-order valence-electron chi connectivity index (χ4n) is 7.70. The molecule has 5 amide bonds. The molecule has 13 heteroatoms. The third kappa shape index (κ3) is 10.1. The van der Waals surface area contributed by atoms with Gasteiger partial charge in [-0.2, -0.15) is 0 Å². The van der Waals surface area contributed by atoms with Gasteiger partial charge >= 0.3 is 6.03 Å². The molecule has 2 aliphatic heterocycles. The van der Waals surface area contributed by atoms with Crippen molar-refractivity contribution in [1.82, 2.24) is 26.2 Å². The average Bonchev–Trinajstić information content (AvgIpc) is 3.71. The maximum absolute atomic E-state index is 14.5. The van der Waals surface area contributed by atoms with Crippen molar-refractivity contribution in [3.05, 3.63) is 11.6 Å². The normalized spacial score (nSPS) is 25.6. The molecule has 2 aliphatic carbocycles. The molecule has 0 aromatic rings. The number of Topliss-reactive ketones (excluding diaryl/α,β-unsaturated/α-hetero) is 1. The molecule has 12 nitrogen and oxygen atoms in total. The van der Waals surface area contributed by atoms with Crippen molar-refractivity contribution >= 4 is 39.4 Å². The minimum absolute atomic E-state index is 0.109. The van der Waals surface area contributed by atoms with E-state index in [1.807, 2.05) is 47.6 Å². The number of carbonyl (C=O) groups excluding carboxylic acids is 5. The Morgan fingerprint density at radius 1 is 0.980 bits per heavy atom. The minimum Gasteiger partial charge on any atom is -0.353 e. The number of urea groups is 1. The van der Waals surface area contributed by atoms with E-state index in [4.69, 9.17) is 0 Å². The summed E-state index contributed by atoms with van der Waals surface area (Å²) in [5, 5.41) is 11.0. The van der Waals surface area contributed by atoms with Crippen molar-refractivity contribution in [2.24, 2.45) is 11.3 Å². The molecule has 0 bridgehead atoms. The molecule has 0 radical (unpaired) electrons. The Morgan fingerprint density at radius 3 is 2.18 bits per heavy atom. The first-order chi connectivity index (χ1) is 23.0. The summed E-state index contributed by atoms with van der Waals surface area (Å²) in [4.78, 5) is 69.3. The molecule has 276 valence electrons. The summed E-state index contributed by atoms with van der Waals surface area (Å²) in [6, 6.07) is -3.22. The summed E-state index contributed by atoms with van der Waals surface area (Å²) in [7, 11) is -3.29. The molecule has 2 saturated heterocycles. The lowest BCUT2D eigenvalue weighted by atomic mass is 9.78. The van der Waals surface area contributed by atoms with Gasteiger partial charge in [-0.15, -0.1) is 0 Å². The topological polar surface area (TPSA) is 171 Å². The van der Waals surface area contributed by atoms with Crippen LogP contribution in [0, 0.1) is 11.3 Å². The standard InChI is InChI=1S/C36H59N5O7S/c1-7-8-12-26(28(42)21-30(43)37-25-13-14-25)38-32(44)27-20-24(19-23(2)3)22-41(27)33(45)31(35(4,5)6)39-34(46)40-36(16-10-9-11-17-36)29-15-18-49(29,47)48/h19,24-27,29,31H,7-18,20-22H2,1-6H3,(H,37,43)(H,38,44)(H2,39,40,46)/t24?,26-,27-,29?,31+/m0/s1. The molecular formula is C36H59N5O7S. The quantitative estimate of drug-likeness (QED) is 0.158. The monoisotopic (exact) mass is 705 g/mol. The van der Waals surface area contributed by atoms with Gasteiger partial charge in [0.05, 0.1) is 29.0 Å². The third-order valence-corrected chi connectivity index (χ3v) is 12.9. The van der Waals surface area contributed by atoms with Crippen molar-refractivity contribution in [3.8, 4) is 0 Å². The second-order valence-corrected chi connectivity index (χ2v) is 18.5. The predicted octanol–water partition coefficient (Wildman–Crippen LogP) is 3.69. The zero-order valence-electron chi connectivity index (χ0n) is 30.4. The summed E-state index contributed by atoms with van der Waals surface area (Å²) >= 11 is 0. The Hall–Kier alpha value is -2.96. The molecule has 0 spiro atoms. The molecule has 4 fully saturated rings. The van der Waals surface area contributed by atoms with Crippen LogP contribution in [0.3, 0.4) is 0 Å². The lowest BCUT2D eigenvalue weighted by Gasteiger charge is -2.47. The Kier molecular flexibility index (Phi) is 12.6. The van der Waals surface area contributed by atoms with Crippen LogP contribution in [0.2, 0.25) is 0 Å². The lowest BCUT2D eigenvalue weighted by molar-refractivity contribution is -0.142. The maximum Gasteiger partial charge on any atom is 0.315 e. The van der Waals surface area contributed by atoms with E-state index in [-0.39, 0.29) is 42.4 Å². The number of amides is 5. The van der Waals surface area contributed by atoms with Crippen LogP contribution in [0.1, 0.15) is 125 Å². The summed E-state index contributed by atoms with van der Waals surface area (Å²) in [5.41, 5.74) is -0.573. The highest BCUT2D eigenvalue weighted by Gasteiger charge is 2.53. The van der Waals surface area contributed by atoms with Crippen molar-refractivity contribution in [2.75, 3.05) is 12.3 Å². The molecule has 5 atom stereocenters. The highest BCUT2D eigenvalue weighted by molar-refractivity contribution is 7.93. The van der Waals surface area contributed by atoms with Crippen molar-refractivity contribution in [2.45, 2.75) is 160 Å². The second-order valence-electron chi connectivity index (χ2n) is 16.2. The number of nitrogens with zero attached hydrogens (tertiary/aromatic N) is 1. The first kappa shape index (κ1) is 38.8. The number of likely N-dealkylation sites (tertiary alicyclic amines) is 1. The summed E-state index contributed by atoms with van der Waals surface area (Å²) in [6.07, 6.45) is 10.0. The van der Waals surface area contributed by atoms with E-state index in [0.29, 0.717) is 38.5 Å². The van der Waals surface area contributed by atoms with Gasteiger partial charge in [-0.25, -0.2) is 13.2 Å². The number of allylic oxidation sites excluding steroid dienone is 1. The molecule has 4 N–H and O–H groups in total. The van der Waals surface area contributed by atoms with Gasteiger partial charge in [0.1, 0.15) is 12.1 Å². The van der Waals surface area contributed by atoms with Crippen molar-refractivity contribution in [1.29, 1.82) is 0 Å². The van der Waals surface area contributed by atoms with Gasteiger partial charge in [0, 0.05) is 12.6 Å². The molecule has 0 aromatic heterocycles. The molecular weight excluding hydrogens is 646 g/mol. The van der Waals surface area contributed by atoms with Crippen LogP contribution in [0.4, 0.5) is 4.79 Å². The smallest absolute Gasteiger partial charge is 0.315 e. The molecule has 49 heavy (non-hydrogen) atoms. The van der Waals surface area contributed by atoms with Gasteiger partial charge < -0.3 is 26.2 Å². The highest BCUT2D eigenvalue weighted by atomic mass is 32.2. The first-order valence-corrected chi connectivity index (χ1v) is 20.1. The number of carbonyl (C=O) groups is 5. The zero-order valence-corrected chi connectivity index (χ0v) is 31.2. The average molecular weight is 706 g/mol. The molecule has 2 heterocycles. The van der Waals surface area contributed by atoms with Gasteiger partial charge in [0.25, 0.3) is 0 Å². The summed E-state index contributed by atoms with van der Waals surface area (Å²) in [6.45, 7) is 11.7. The number of hydrogen-bond acceptors (Lipinski definition) is 7. The number of ketones is 1. The number of hydrogen-bond donors (Lipinski definition) is 4. The number of unbranched alkanes of at least 4 members (excludes halogenated alkanes) is 1. The van der Waals surface area contributed by atoms with Crippen LogP contribution in [0.15, 0.2) is 11.6 Å². The molecule has 2 saturated carbocycles. The first-order valence-electron chi connectivity index (χ1n) is 18.3. The lowest BCUT2D eigenvalue weighted by Crippen LogP contribution is -2.67. The van der Waals surface area contributed by atoms with Crippen LogP contribution in [-0.4, -0.2) is 90.1 Å². The van der Waals surface area contributed by atoms with E-state index < -0.39 is 62.0 Å². The Labute approximate surface area is 292 Å². The Morgan fingerprint density at radius 2 is 1.65 bits per heavy atom. The maximum atomic E-state index is 14.5. The van der Waals surface area contributed by atoms with Crippen LogP contribution in [-0.2, 0) is 29.0 Å². The van der Waals surface area contributed by atoms with E-state index >= 15 is 0 Å². The van der Waals surface area contributed by atoms with E-state index in [1.54, 1.807) is 0 Å². The fraction of sp³-hybridized carbons (Fsp3) is 0.806. The summed E-state index contributed by atoms with van der Waals surface area (Å²) in [5.74, 6) is -1.55. The second kappa shape index (κ2) is 15.9. The van der Waals surface area contributed by atoms with Gasteiger partial charge in [0.15, 0.2) is 15.6 Å². The summed E-state index contributed by atoms with van der Waals surface area (Å²) < 4.78 is 25.5. The number of sulfone groups is 1. The van der Waals surface area contributed by atoms with Crippen LogP contribution >= 0.6 is 0 Å². The fourth-order valence-corrected chi connectivity index (χ4v) is 9.53. The van der Waals surface area contributed by atoms with Gasteiger partial charge in [-0.1, -0.05) is 71.4 Å². The van der Waals surface area contributed by atoms with Crippen LogP contribution in [0.5, 0.6) is 0 Å². The Balaban J connectivity index is 1.53. The SMILES string of the molecule is CCCC[C@H](NC(=O)[C@@H]1CC(C=C(C)C)CN1C(=O)[C@@H](NC(=O)NC1(C2CCS2(=O)=O)CCCCC1)C(C)(C)C)C(=O)CC(=O)NC1CC1. The van der Waals surface area contributed by atoms with Crippen LogP contribution in [0.25, 0.3) is 0 Å². The molecule has 4 aliphatic rings.